The van der Waals surface area contributed by atoms with Gasteiger partial charge < -0.3 is 5.32 Å². The van der Waals surface area contributed by atoms with E-state index in [1.165, 1.54) is 16.8 Å². The molecule has 7 heteroatoms. The summed E-state index contributed by atoms with van der Waals surface area (Å²) in [5, 5.41) is 6.73. The molecule has 0 aliphatic carbocycles. The van der Waals surface area contributed by atoms with Crippen LogP contribution in [-0.4, -0.2) is 15.7 Å². The summed E-state index contributed by atoms with van der Waals surface area (Å²) in [4.78, 5) is 11.7. The van der Waals surface area contributed by atoms with E-state index in [0.29, 0.717) is 16.4 Å². The highest BCUT2D eigenvalue weighted by Crippen LogP contribution is 2.20. The molecule has 0 spiro atoms. The zero-order valence-electron chi connectivity index (χ0n) is 11.3. The standard InChI is InChI=1S/C14H12ClF2N3O/c1-8-10(14(15)20(2)19-8)4-6-13(21)18-12-7-9(16)3-5-11(12)17/h3-7H,1-2H3,(H,18,21)/b6-4+. The first-order valence-electron chi connectivity index (χ1n) is 6.01. The summed E-state index contributed by atoms with van der Waals surface area (Å²) in [6, 6.07) is 2.82. The monoisotopic (exact) mass is 311 g/mol. The first kappa shape index (κ1) is 15.2. The average Bonchev–Trinajstić information content (AvgIpc) is 2.66. The van der Waals surface area contributed by atoms with Crippen molar-refractivity contribution >= 4 is 29.3 Å². The Bertz CT molecular complexity index is 725. The first-order chi connectivity index (χ1) is 9.88. The normalized spacial score (nSPS) is 11.1. The topological polar surface area (TPSA) is 46.9 Å². The molecular formula is C14H12ClF2N3O. The molecule has 110 valence electrons. The van der Waals surface area contributed by atoms with E-state index < -0.39 is 17.5 Å². The second-order valence-electron chi connectivity index (χ2n) is 4.36. The Labute approximate surface area is 125 Å². The van der Waals surface area contributed by atoms with Crippen LogP contribution in [0.3, 0.4) is 0 Å². The van der Waals surface area contributed by atoms with Gasteiger partial charge >= 0.3 is 0 Å². The van der Waals surface area contributed by atoms with Crippen molar-refractivity contribution in [2.75, 3.05) is 5.32 Å². The van der Waals surface area contributed by atoms with E-state index in [-0.39, 0.29) is 5.69 Å². The molecule has 0 aliphatic rings. The molecule has 1 N–H and O–H groups in total. The van der Waals surface area contributed by atoms with Gasteiger partial charge in [0.1, 0.15) is 16.8 Å². The fourth-order valence-electron chi connectivity index (χ4n) is 1.76. The lowest BCUT2D eigenvalue weighted by molar-refractivity contribution is -0.111. The number of benzene rings is 1. The van der Waals surface area contributed by atoms with Crippen molar-refractivity contribution in [1.82, 2.24) is 9.78 Å². The van der Waals surface area contributed by atoms with Crippen LogP contribution in [0.2, 0.25) is 5.15 Å². The Morgan fingerprint density at radius 1 is 1.43 bits per heavy atom. The third-order valence-electron chi connectivity index (χ3n) is 2.78. The number of rotatable bonds is 3. The number of carbonyl (C=O) groups is 1. The third kappa shape index (κ3) is 3.46. The predicted molar refractivity (Wildman–Crippen MR) is 77.0 cm³/mol. The molecule has 2 aromatic rings. The SMILES string of the molecule is Cc1nn(C)c(Cl)c1/C=C/C(=O)Nc1cc(F)ccc1F. The molecule has 0 bridgehead atoms. The van der Waals surface area contributed by atoms with Crippen molar-refractivity contribution in [1.29, 1.82) is 0 Å². The summed E-state index contributed by atoms with van der Waals surface area (Å²) in [7, 11) is 1.68. The predicted octanol–water partition coefficient (Wildman–Crippen LogP) is 3.31. The number of aryl methyl sites for hydroxylation is 2. The Hall–Kier alpha value is -2.21. The first-order valence-corrected chi connectivity index (χ1v) is 6.39. The van der Waals surface area contributed by atoms with Gasteiger partial charge in [0.15, 0.2) is 0 Å². The summed E-state index contributed by atoms with van der Waals surface area (Å²) >= 11 is 6.01. The van der Waals surface area contributed by atoms with Crippen molar-refractivity contribution < 1.29 is 13.6 Å². The second kappa shape index (κ2) is 6.05. The maximum atomic E-state index is 13.4. The minimum absolute atomic E-state index is 0.223. The summed E-state index contributed by atoms with van der Waals surface area (Å²) in [5.41, 5.74) is 1.02. The summed E-state index contributed by atoms with van der Waals surface area (Å²) in [6.45, 7) is 1.75. The van der Waals surface area contributed by atoms with Gasteiger partial charge in [-0.1, -0.05) is 11.6 Å². The van der Waals surface area contributed by atoms with Crippen molar-refractivity contribution in [2.24, 2.45) is 7.05 Å². The van der Waals surface area contributed by atoms with E-state index >= 15 is 0 Å². The fraction of sp³-hybridized carbons (Fsp3) is 0.143. The highest BCUT2D eigenvalue weighted by Gasteiger charge is 2.09. The van der Waals surface area contributed by atoms with Gasteiger partial charge in [-0.25, -0.2) is 8.78 Å². The molecule has 0 radical (unpaired) electrons. The number of carbonyl (C=O) groups excluding carboxylic acids is 1. The lowest BCUT2D eigenvalue weighted by Crippen LogP contribution is -2.09. The van der Waals surface area contributed by atoms with Crippen LogP contribution in [0.1, 0.15) is 11.3 Å². The minimum Gasteiger partial charge on any atom is -0.320 e. The molecule has 1 aromatic carbocycles. The summed E-state index contributed by atoms with van der Waals surface area (Å²) in [6.07, 6.45) is 2.65. The van der Waals surface area contributed by atoms with Crippen LogP contribution in [0.5, 0.6) is 0 Å². The number of hydrogen-bond acceptors (Lipinski definition) is 2. The molecule has 0 unspecified atom stereocenters. The fourth-order valence-corrected chi connectivity index (χ4v) is 2.00. The van der Waals surface area contributed by atoms with E-state index in [1.807, 2.05) is 0 Å². The molecule has 0 atom stereocenters. The van der Waals surface area contributed by atoms with Crippen molar-refractivity contribution in [3.63, 3.8) is 0 Å². The summed E-state index contributed by atoms with van der Waals surface area (Å²) in [5.74, 6) is -1.95. The molecule has 1 amide bonds. The Morgan fingerprint density at radius 2 is 2.14 bits per heavy atom. The number of aromatic nitrogens is 2. The highest BCUT2D eigenvalue weighted by atomic mass is 35.5. The summed E-state index contributed by atoms with van der Waals surface area (Å²) < 4.78 is 27.9. The van der Waals surface area contributed by atoms with Crippen LogP contribution in [0.25, 0.3) is 6.08 Å². The van der Waals surface area contributed by atoms with Gasteiger partial charge in [0, 0.05) is 24.8 Å². The molecule has 4 nitrogen and oxygen atoms in total. The quantitative estimate of drug-likeness (QED) is 0.884. The highest BCUT2D eigenvalue weighted by molar-refractivity contribution is 6.31. The van der Waals surface area contributed by atoms with Crippen LogP contribution in [0.4, 0.5) is 14.5 Å². The minimum atomic E-state index is -0.714. The van der Waals surface area contributed by atoms with E-state index in [2.05, 4.69) is 10.4 Å². The lowest BCUT2D eigenvalue weighted by atomic mass is 10.2. The van der Waals surface area contributed by atoms with Crippen molar-refractivity contribution in [3.8, 4) is 0 Å². The smallest absolute Gasteiger partial charge is 0.248 e. The molecule has 0 saturated carbocycles. The Kier molecular flexibility index (Phi) is 4.37. The number of halogens is 3. The average molecular weight is 312 g/mol. The molecule has 0 saturated heterocycles. The maximum absolute atomic E-state index is 13.4. The van der Waals surface area contributed by atoms with E-state index in [4.69, 9.17) is 11.6 Å². The molecular weight excluding hydrogens is 300 g/mol. The van der Waals surface area contributed by atoms with Gasteiger partial charge in [-0.15, -0.1) is 0 Å². The zero-order chi connectivity index (χ0) is 15.6. The number of nitrogens with one attached hydrogen (secondary N) is 1. The van der Waals surface area contributed by atoms with Crippen LogP contribution in [0, 0.1) is 18.6 Å². The number of hydrogen-bond donors (Lipinski definition) is 1. The second-order valence-corrected chi connectivity index (χ2v) is 4.72. The van der Waals surface area contributed by atoms with Gasteiger partial charge in [0.2, 0.25) is 5.91 Å². The number of amides is 1. The van der Waals surface area contributed by atoms with Crippen molar-refractivity contribution in [2.45, 2.75) is 6.92 Å². The van der Waals surface area contributed by atoms with E-state index in [9.17, 15) is 13.6 Å². The number of anilines is 1. The van der Waals surface area contributed by atoms with Crippen molar-refractivity contribution in [3.05, 3.63) is 52.3 Å². The number of nitrogens with zero attached hydrogens (tertiary/aromatic N) is 2. The molecule has 0 aliphatic heterocycles. The molecule has 1 heterocycles. The largest absolute Gasteiger partial charge is 0.320 e. The molecule has 1 aromatic heterocycles. The van der Waals surface area contributed by atoms with E-state index in [0.717, 1.165) is 18.2 Å². The van der Waals surface area contributed by atoms with Gasteiger partial charge in [-0.2, -0.15) is 5.10 Å². The van der Waals surface area contributed by atoms with Gasteiger partial charge in [-0.3, -0.25) is 9.48 Å². The van der Waals surface area contributed by atoms with Crippen LogP contribution < -0.4 is 5.32 Å². The van der Waals surface area contributed by atoms with Gasteiger partial charge in [-0.05, 0) is 25.1 Å². The van der Waals surface area contributed by atoms with Gasteiger partial charge in [0.25, 0.3) is 0 Å². The molecule has 0 fully saturated rings. The van der Waals surface area contributed by atoms with Crippen LogP contribution >= 0.6 is 11.6 Å². The molecule has 21 heavy (non-hydrogen) atoms. The van der Waals surface area contributed by atoms with Crippen LogP contribution in [-0.2, 0) is 11.8 Å². The Morgan fingerprint density at radius 3 is 2.76 bits per heavy atom. The maximum Gasteiger partial charge on any atom is 0.248 e. The third-order valence-corrected chi connectivity index (χ3v) is 3.23. The van der Waals surface area contributed by atoms with E-state index in [1.54, 1.807) is 14.0 Å². The molecule has 2 rings (SSSR count). The lowest BCUT2D eigenvalue weighted by Gasteiger charge is -2.03. The van der Waals surface area contributed by atoms with Crippen LogP contribution in [0.15, 0.2) is 24.3 Å². The van der Waals surface area contributed by atoms with Gasteiger partial charge in [0.05, 0.1) is 11.4 Å². The zero-order valence-corrected chi connectivity index (χ0v) is 12.1. The Balaban J connectivity index is 2.15.